The van der Waals surface area contributed by atoms with Gasteiger partial charge in [0.15, 0.2) is 0 Å². The molecule has 2 atom stereocenters. The molecule has 0 spiro atoms. The highest BCUT2D eigenvalue weighted by molar-refractivity contribution is 4.87. The largest absolute Gasteiger partial charge is 0.306 e. The molecule has 1 rings (SSSR count). The summed E-state index contributed by atoms with van der Waals surface area (Å²) in [5.74, 6) is 1.81. The normalized spacial score (nSPS) is 28.7. The van der Waals surface area contributed by atoms with Crippen LogP contribution in [0.1, 0.15) is 54.4 Å². The van der Waals surface area contributed by atoms with Gasteiger partial charge in [-0.1, -0.05) is 41.5 Å². The topological polar surface area (TPSA) is 3.24 Å². The van der Waals surface area contributed by atoms with Crippen LogP contribution in [-0.2, 0) is 0 Å². The Kier molecular flexibility index (Phi) is 4.10. The lowest BCUT2D eigenvalue weighted by Gasteiger charge is -2.30. The zero-order valence-electron chi connectivity index (χ0n) is 12.4. The molecule has 1 nitrogen and oxygen atoms in total. The van der Waals surface area contributed by atoms with Gasteiger partial charge in [-0.15, -0.1) is 0 Å². The Hall–Kier alpha value is -0.0400. The standard InChI is InChI=1S/C15H31N/c1-14(2,3)8-12-10-16(7)11-13(12)9-15(4,5)6/h12-13H,8-11H2,1-7H3/t12-,13-/m0/s1. The summed E-state index contributed by atoms with van der Waals surface area (Å²) in [6.07, 6.45) is 2.75. The molecule has 1 saturated heterocycles. The van der Waals surface area contributed by atoms with E-state index in [1.807, 2.05) is 0 Å². The summed E-state index contributed by atoms with van der Waals surface area (Å²) in [4.78, 5) is 2.52. The highest BCUT2D eigenvalue weighted by Crippen LogP contribution is 2.39. The molecule has 0 aromatic rings. The van der Waals surface area contributed by atoms with E-state index in [0.29, 0.717) is 10.8 Å². The molecule has 1 aliphatic rings. The van der Waals surface area contributed by atoms with E-state index in [1.165, 1.54) is 25.9 Å². The summed E-state index contributed by atoms with van der Waals surface area (Å²) in [6.45, 7) is 16.9. The van der Waals surface area contributed by atoms with E-state index in [1.54, 1.807) is 0 Å². The lowest BCUT2D eigenvalue weighted by atomic mass is 9.74. The maximum absolute atomic E-state index is 2.52. The van der Waals surface area contributed by atoms with Gasteiger partial charge < -0.3 is 4.90 Å². The first-order valence-electron chi connectivity index (χ1n) is 6.75. The summed E-state index contributed by atoms with van der Waals surface area (Å²) in [7, 11) is 2.28. The highest BCUT2D eigenvalue weighted by atomic mass is 15.1. The number of likely N-dealkylation sites (tertiary alicyclic amines) is 1. The zero-order chi connectivity index (χ0) is 12.6. The van der Waals surface area contributed by atoms with E-state index in [4.69, 9.17) is 0 Å². The Labute approximate surface area is 103 Å². The second-order valence-electron chi connectivity index (χ2n) is 8.27. The average Bonchev–Trinajstić information content (AvgIpc) is 2.23. The third-order valence-electron chi connectivity index (χ3n) is 3.51. The van der Waals surface area contributed by atoms with Crippen molar-refractivity contribution in [1.29, 1.82) is 0 Å². The smallest absolute Gasteiger partial charge is 0.00101 e. The fourth-order valence-electron chi connectivity index (χ4n) is 3.21. The van der Waals surface area contributed by atoms with Gasteiger partial charge in [0.2, 0.25) is 0 Å². The fourth-order valence-corrected chi connectivity index (χ4v) is 3.21. The van der Waals surface area contributed by atoms with Crippen LogP contribution in [0.25, 0.3) is 0 Å². The van der Waals surface area contributed by atoms with Gasteiger partial charge in [0.25, 0.3) is 0 Å². The molecule has 0 N–H and O–H groups in total. The molecule has 1 heterocycles. The first-order valence-corrected chi connectivity index (χ1v) is 6.75. The highest BCUT2D eigenvalue weighted by Gasteiger charge is 2.35. The summed E-state index contributed by atoms with van der Waals surface area (Å²) >= 11 is 0. The van der Waals surface area contributed by atoms with Gasteiger partial charge in [-0.2, -0.15) is 0 Å². The Morgan fingerprint density at radius 2 is 1.12 bits per heavy atom. The summed E-state index contributed by atoms with van der Waals surface area (Å²) in [6, 6.07) is 0. The predicted octanol–water partition coefficient (Wildman–Crippen LogP) is 4.04. The molecule has 0 bridgehead atoms. The van der Waals surface area contributed by atoms with E-state index in [0.717, 1.165) is 11.8 Å². The summed E-state index contributed by atoms with van der Waals surface area (Å²) in [5, 5.41) is 0. The number of hydrogen-bond acceptors (Lipinski definition) is 1. The zero-order valence-corrected chi connectivity index (χ0v) is 12.4. The molecule has 0 saturated carbocycles. The van der Waals surface area contributed by atoms with E-state index in [2.05, 4.69) is 53.5 Å². The van der Waals surface area contributed by atoms with Crippen molar-refractivity contribution in [3.63, 3.8) is 0 Å². The van der Waals surface area contributed by atoms with Gasteiger partial charge >= 0.3 is 0 Å². The van der Waals surface area contributed by atoms with E-state index in [9.17, 15) is 0 Å². The van der Waals surface area contributed by atoms with Gasteiger partial charge in [0.1, 0.15) is 0 Å². The molecular weight excluding hydrogens is 194 g/mol. The molecule has 0 unspecified atom stereocenters. The molecule has 1 fully saturated rings. The van der Waals surface area contributed by atoms with Crippen LogP contribution in [0.3, 0.4) is 0 Å². The quantitative estimate of drug-likeness (QED) is 0.685. The van der Waals surface area contributed by atoms with Crippen LogP contribution in [0.15, 0.2) is 0 Å². The maximum atomic E-state index is 2.52. The first kappa shape index (κ1) is 14.0. The fraction of sp³-hybridized carbons (Fsp3) is 1.00. The van der Waals surface area contributed by atoms with Crippen molar-refractivity contribution in [1.82, 2.24) is 4.90 Å². The van der Waals surface area contributed by atoms with Crippen LogP contribution in [0.2, 0.25) is 0 Å². The second-order valence-corrected chi connectivity index (χ2v) is 8.27. The van der Waals surface area contributed by atoms with Crippen molar-refractivity contribution in [2.45, 2.75) is 54.4 Å². The lowest BCUT2D eigenvalue weighted by Crippen LogP contribution is -2.23. The SMILES string of the molecule is CN1C[C@H](CC(C)(C)C)[C@@H](CC(C)(C)C)C1. The molecule has 16 heavy (non-hydrogen) atoms. The van der Waals surface area contributed by atoms with Gasteiger partial charge in [0, 0.05) is 13.1 Å². The molecule has 0 aliphatic carbocycles. The van der Waals surface area contributed by atoms with Gasteiger partial charge in [-0.25, -0.2) is 0 Å². The van der Waals surface area contributed by atoms with Gasteiger partial charge in [-0.3, -0.25) is 0 Å². The third kappa shape index (κ3) is 4.86. The minimum atomic E-state index is 0.478. The molecule has 96 valence electrons. The van der Waals surface area contributed by atoms with E-state index >= 15 is 0 Å². The first-order chi connectivity index (χ1) is 7.07. The second kappa shape index (κ2) is 4.68. The van der Waals surface area contributed by atoms with Crippen LogP contribution >= 0.6 is 0 Å². The molecule has 0 radical (unpaired) electrons. The number of hydrogen-bond donors (Lipinski definition) is 0. The van der Waals surface area contributed by atoms with Gasteiger partial charge in [-0.05, 0) is 42.6 Å². The van der Waals surface area contributed by atoms with E-state index < -0.39 is 0 Å². The van der Waals surface area contributed by atoms with Crippen LogP contribution in [0.5, 0.6) is 0 Å². The molecule has 1 aliphatic heterocycles. The van der Waals surface area contributed by atoms with Crippen LogP contribution in [-0.4, -0.2) is 25.0 Å². The van der Waals surface area contributed by atoms with Crippen molar-refractivity contribution in [2.75, 3.05) is 20.1 Å². The van der Waals surface area contributed by atoms with Crippen LogP contribution in [0.4, 0.5) is 0 Å². The monoisotopic (exact) mass is 225 g/mol. The maximum Gasteiger partial charge on any atom is 0.00101 e. The Morgan fingerprint density at radius 3 is 1.38 bits per heavy atom. The molecule has 1 heteroatoms. The molecule has 0 aromatic carbocycles. The predicted molar refractivity (Wildman–Crippen MR) is 72.6 cm³/mol. The molecule has 0 aromatic heterocycles. The average molecular weight is 225 g/mol. The summed E-state index contributed by atoms with van der Waals surface area (Å²) < 4.78 is 0. The Morgan fingerprint density at radius 1 is 0.812 bits per heavy atom. The molecule has 0 amide bonds. The lowest BCUT2D eigenvalue weighted by molar-refractivity contribution is 0.210. The summed E-state index contributed by atoms with van der Waals surface area (Å²) in [5.41, 5.74) is 0.956. The van der Waals surface area contributed by atoms with E-state index in [-0.39, 0.29) is 0 Å². The van der Waals surface area contributed by atoms with Crippen molar-refractivity contribution >= 4 is 0 Å². The Bertz CT molecular complexity index is 195. The van der Waals surface area contributed by atoms with Crippen molar-refractivity contribution in [3.8, 4) is 0 Å². The van der Waals surface area contributed by atoms with Crippen LogP contribution < -0.4 is 0 Å². The Balaban J connectivity index is 2.60. The van der Waals surface area contributed by atoms with Crippen molar-refractivity contribution in [3.05, 3.63) is 0 Å². The minimum Gasteiger partial charge on any atom is -0.306 e. The minimum absolute atomic E-state index is 0.478. The number of nitrogens with zero attached hydrogens (tertiary/aromatic N) is 1. The van der Waals surface area contributed by atoms with Crippen LogP contribution in [0, 0.1) is 22.7 Å². The molecular formula is C15H31N. The van der Waals surface area contributed by atoms with Crippen molar-refractivity contribution < 1.29 is 0 Å². The van der Waals surface area contributed by atoms with Crippen molar-refractivity contribution in [2.24, 2.45) is 22.7 Å². The number of rotatable bonds is 2. The van der Waals surface area contributed by atoms with Gasteiger partial charge in [0.05, 0.1) is 0 Å². The third-order valence-corrected chi connectivity index (χ3v) is 3.51.